The lowest BCUT2D eigenvalue weighted by atomic mass is 10.0. The first-order chi connectivity index (χ1) is 6.31. The molecule has 1 saturated carbocycles. The highest BCUT2D eigenvalue weighted by atomic mass is 35.5. The van der Waals surface area contributed by atoms with Crippen molar-refractivity contribution in [3.63, 3.8) is 0 Å². The topological polar surface area (TPSA) is 12.9 Å². The van der Waals surface area contributed by atoms with Crippen molar-refractivity contribution in [3.05, 3.63) is 15.6 Å². The van der Waals surface area contributed by atoms with E-state index in [-0.39, 0.29) is 0 Å². The smallest absolute Gasteiger partial charge is 0.108 e. The first-order valence-electron chi connectivity index (χ1n) is 4.83. The molecule has 0 saturated heterocycles. The van der Waals surface area contributed by atoms with Crippen molar-refractivity contribution in [2.24, 2.45) is 0 Å². The molecule has 1 aromatic heterocycles. The second-order valence-corrected chi connectivity index (χ2v) is 5.22. The molecule has 3 heteroatoms. The molecule has 72 valence electrons. The van der Waals surface area contributed by atoms with Crippen LogP contribution in [0.1, 0.15) is 47.2 Å². The third-order valence-corrected chi connectivity index (χ3v) is 4.13. The lowest BCUT2D eigenvalue weighted by Gasteiger charge is -2.05. The zero-order valence-electron chi connectivity index (χ0n) is 7.85. The molecule has 1 aliphatic rings. The van der Waals surface area contributed by atoms with Crippen LogP contribution in [0.25, 0.3) is 0 Å². The Hall–Kier alpha value is -0.0800. The second kappa shape index (κ2) is 3.97. The van der Waals surface area contributed by atoms with Crippen LogP contribution in [0.15, 0.2) is 0 Å². The van der Waals surface area contributed by atoms with Gasteiger partial charge >= 0.3 is 0 Å². The van der Waals surface area contributed by atoms with Gasteiger partial charge in [-0.25, -0.2) is 4.98 Å². The summed E-state index contributed by atoms with van der Waals surface area (Å²) in [5.41, 5.74) is 1.33. The number of nitrogens with zero attached hydrogens (tertiary/aromatic N) is 1. The number of aryl methyl sites for hydroxylation is 1. The van der Waals surface area contributed by atoms with Crippen molar-refractivity contribution in [1.82, 2.24) is 4.98 Å². The molecule has 0 amide bonds. The van der Waals surface area contributed by atoms with Gasteiger partial charge in [-0.05, 0) is 19.8 Å². The van der Waals surface area contributed by atoms with E-state index in [0.717, 1.165) is 10.9 Å². The molecule has 0 aromatic carbocycles. The molecule has 1 aliphatic carbocycles. The van der Waals surface area contributed by atoms with E-state index in [1.165, 1.54) is 36.3 Å². The van der Waals surface area contributed by atoms with Gasteiger partial charge in [0.1, 0.15) is 5.01 Å². The summed E-state index contributed by atoms with van der Waals surface area (Å²) in [6.45, 7) is 2.17. The highest BCUT2D eigenvalue weighted by Crippen LogP contribution is 2.36. The van der Waals surface area contributed by atoms with E-state index in [2.05, 4.69) is 11.9 Å². The molecule has 0 unspecified atom stereocenters. The number of alkyl halides is 1. The third-order valence-electron chi connectivity index (χ3n) is 2.73. The average molecular weight is 216 g/mol. The van der Waals surface area contributed by atoms with Gasteiger partial charge in [-0.3, -0.25) is 0 Å². The Labute approximate surface area is 88.1 Å². The van der Waals surface area contributed by atoms with E-state index < -0.39 is 0 Å². The van der Waals surface area contributed by atoms with Gasteiger partial charge in [0.05, 0.1) is 11.6 Å². The summed E-state index contributed by atoms with van der Waals surface area (Å²) < 4.78 is 0. The van der Waals surface area contributed by atoms with E-state index >= 15 is 0 Å². The van der Waals surface area contributed by atoms with E-state index in [4.69, 9.17) is 11.6 Å². The maximum atomic E-state index is 5.77. The molecule has 1 heterocycles. The lowest BCUT2D eigenvalue weighted by Crippen LogP contribution is -1.94. The molecule has 1 fully saturated rings. The van der Waals surface area contributed by atoms with E-state index in [1.807, 2.05) is 0 Å². The molecule has 0 radical (unpaired) electrons. The van der Waals surface area contributed by atoms with Crippen LogP contribution in [0.5, 0.6) is 0 Å². The van der Waals surface area contributed by atoms with E-state index in [9.17, 15) is 0 Å². The summed E-state index contributed by atoms with van der Waals surface area (Å²) in [6, 6.07) is 0. The quantitative estimate of drug-likeness (QED) is 0.683. The Bertz CT molecular complexity index is 289. The molecule has 0 bridgehead atoms. The van der Waals surface area contributed by atoms with Crippen molar-refractivity contribution >= 4 is 22.9 Å². The fourth-order valence-corrected chi connectivity index (χ4v) is 3.19. The number of hydrogen-bond donors (Lipinski definition) is 0. The normalized spacial score (nSPS) is 18.3. The molecule has 0 spiro atoms. The van der Waals surface area contributed by atoms with Gasteiger partial charge in [-0.1, -0.05) is 12.8 Å². The second-order valence-electron chi connectivity index (χ2n) is 3.66. The minimum atomic E-state index is 0.568. The van der Waals surface area contributed by atoms with E-state index in [0.29, 0.717) is 5.88 Å². The van der Waals surface area contributed by atoms with Crippen molar-refractivity contribution in [3.8, 4) is 0 Å². The first kappa shape index (κ1) is 9.47. The van der Waals surface area contributed by atoms with Crippen LogP contribution in [0.4, 0.5) is 0 Å². The van der Waals surface area contributed by atoms with Gasteiger partial charge in [-0.2, -0.15) is 0 Å². The fourth-order valence-electron chi connectivity index (χ4n) is 2.10. The number of hydrogen-bond acceptors (Lipinski definition) is 2. The largest absolute Gasteiger partial charge is 0.244 e. The molecule has 2 rings (SSSR count). The SMILES string of the molecule is Cc1sc(CCl)nc1C1CCCC1. The number of thiazole rings is 1. The molecule has 13 heavy (non-hydrogen) atoms. The minimum absolute atomic E-state index is 0.568. The van der Waals surface area contributed by atoms with Crippen LogP contribution in [0, 0.1) is 6.92 Å². The first-order valence-corrected chi connectivity index (χ1v) is 6.18. The predicted molar refractivity (Wildman–Crippen MR) is 57.6 cm³/mol. The zero-order chi connectivity index (χ0) is 9.26. The fraction of sp³-hybridized carbons (Fsp3) is 0.700. The van der Waals surface area contributed by atoms with Gasteiger partial charge in [0.25, 0.3) is 0 Å². The maximum absolute atomic E-state index is 5.77. The Morgan fingerprint density at radius 2 is 2.15 bits per heavy atom. The zero-order valence-corrected chi connectivity index (χ0v) is 9.42. The van der Waals surface area contributed by atoms with Crippen LogP contribution in [0.3, 0.4) is 0 Å². The summed E-state index contributed by atoms with van der Waals surface area (Å²) >= 11 is 7.52. The number of rotatable bonds is 2. The van der Waals surface area contributed by atoms with Gasteiger partial charge in [0, 0.05) is 10.8 Å². The minimum Gasteiger partial charge on any atom is -0.244 e. The summed E-state index contributed by atoms with van der Waals surface area (Å²) in [7, 11) is 0. The van der Waals surface area contributed by atoms with Gasteiger partial charge in [0.15, 0.2) is 0 Å². The Morgan fingerprint density at radius 1 is 1.46 bits per heavy atom. The lowest BCUT2D eigenvalue weighted by molar-refractivity contribution is 0.696. The predicted octanol–water partition coefficient (Wildman–Crippen LogP) is 3.85. The van der Waals surface area contributed by atoms with Gasteiger partial charge in [0.2, 0.25) is 0 Å². The molecule has 0 N–H and O–H groups in total. The maximum Gasteiger partial charge on any atom is 0.108 e. The van der Waals surface area contributed by atoms with Crippen LogP contribution in [0.2, 0.25) is 0 Å². The van der Waals surface area contributed by atoms with Crippen LogP contribution in [-0.2, 0) is 5.88 Å². The Morgan fingerprint density at radius 3 is 2.69 bits per heavy atom. The van der Waals surface area contributed by atoms with Gasteiger partial charge < -0.3 is 0 Å². The van der Waals surface area contributed by atoms with Crippen molar-refractivity contribution in [2.45, 2.75) is 44.4 Å². The van der Waals surface area contributed by atoms with Crippen molar-refractivity contribution in [2.75, 3.05) is 0 Å². The van der Waals surface area contributed by atoms with Crippen LogP contribution < -0.4 is 0 Å². The van der Waals surface area contributed by atoms with Gasteiger partial charge in [-0.15, -0.1) is 22.9 Å². The summed E-state index contributed by atoms with van der Waals surface area (Å²) in [4.78, 5) is 5.97. The molecule has 1 nitrogen and oxygen atoms in total. The standard InChI is InChI=1S/C10H14ClNS/c1-7-10(8-4-2-3-5-8)12-9(6-11)13-7/h8H,2-6H2,1H3. The highest BCUT2D eigenvalue weighted by Gasteiger charge is 2.21. The summed E-state index contributed by atoms with van der Waals surface area (Å²) in [6.07, 6.45) is 5.40. The van der Waals surface area contributed by atoms with Crippen LogP contribution >= 0.6 is 22.9 Å². The molecule has 1 aromatic rings. The van der Waals surface area contributed by atoms with Crippen LogP contribution in [-0.4, -0.2) is 4.98 Å². The van der Waals surface area contributed by atoms with Crippen molar-refractivity contribution < 1.29 is 0 Å². The van der Waals surface area contributed by atoms with E-state index in [1.54, 1.807) is 11.3 Å². The average Bonchev–Trinajstić information content (AvgIpc) is 2.72. The monoisotopic (exact) mass is 215 g/mol. The summed E-state index contributed by atoms with van der Waals surface area (Å²) in [5.74, 6) is 1.30. The van der Waals surface area contributed by atoms with Crippen molar-refractivity contribution in [1.29, 1.82) is 0 Å². The molecular formula is C10H14ClNS. The third kappa shape index (κ3) is 1.89. The Balaban J connectivity index is 2.22. The molecular weight excluding hydrogens is 202 g/mol. The Kier molecular flexibility index (Phi) is 2.89. The molecule has 0 atom stereocenters. The number of halogens is 1. The summed E-state index contributed by atoms with van der Waals surface area (Å²) in [5, 5.41) is 1.08. The molecule has 0 aliphatic heterocycles. The number of aromatic nitrogens is 1. The highest BCUT2D eigenvalue weighted by molar-refractivity contribution is 7.11.